The molecule has 34 heavy (non-hydrogen) atoms. The number of nitrogens with zero attached hydrogens (tertiary/aromatic N) is 4. The summed E-state index contributed by atoms with van der Waals surface area (Å²) in [4.78, 5) is 19.5. The van der Waals surface area contributed by atoms with E-state index in [2.05, 4.69) is 58.7 Å². The van der Waals surface area contributed by atoms with E-state index in [0.717, 1.165) is 44.0 Å². The number of fused-ring (bicyclic) bond motifs is 1. The van der Waals surface area contributed by atoms with E-state index in [1.807, 2.05) is 37.9 Å². The molecule has 0 radical (unpaired) electrons. The van der Waals surface area contributed by atoms with Crippen LogP contribution in [0.15, 0.2) is 48.0 Å². The van der Waals surface area contributed by atoms with Crippen LogP contribution < -0.4 is 5.32 Å². The molecule has 2 aromatic carbocycles. The Hall–Kier alpha value is -3.47. The van der Waals surface area contributed by atoms with Crippen molar-refractivity contribution in [2.75, 3.05) is 18.9 Å². The first-order chi connectivity index (χ1) is 16.4. The highest BCUT2D eigenvalue weighted by Crippen LogP contribution is 2.32. The molecule has 0 saturated carbocycles. The molecule has 4 aromatic rings. The Kier molecular flexibility index (Phi) is 7.11. The van der Waals surface area contributed by atoms with Crippen molar-refractivity contribution in [3.05, 3.63) is 69.7 Å². The molecular formula is C27H29N5OS. The number of aryl methyl sites for hydroxylation is 4. The lowest BCUT2D eigenvalue weighted by Gasteiger charge is -2.17. The Morgan fingerprint density at radius 2 is 1.94 bits per heavy atom. The number of carbonyl (C=O) groups excluding carboxylic acids is 1. The van der Waals surface area contributed by atoms with Gasteiger partial charge >= 0.3 is 0 Å². The first kappa shape index (κ1) is 23.7. The van der Waals surface area contributed by atoms with Gasteiger partial charge < -0.3 is 9.88 Å². The SMILES string of the molecule is Cc1cc(C)c(NC(=O)CN(C)Cc2nc(-c3cn(CCC#N)c4ccccc34)cs2)c(C)c1. The van der Waals surface area contributed by atoms with Crippen LogP contribution in [0, 0.1) is 32.1 Å². The predicted molar refractivity (Wildman–Crippen MR) is 139 cm³/mol. The number of hydrogen-bond donors (Lipinski definition) is 1. The van der Waals surface area contributed by atoms with Crippen LogP contribution in [0.25, 0.3) is 22.2 Å². The Morgan fingerprint density at radius 1 is 1.21 bits per heavy atom. The molecule has 2 aromatic heterocycles. The molecule has 0 spiro atoms. The van der Waals surface area contributed by atoms with Crippen LogP contribution in [0.1, 0.15) is 28.1 Å². The third-order valence-electron chi connectivity index (χ3n) is 5.84. The summed E-state index contributed by atoms with van der Waals surface area (Å²) in [6.45, 7) is 7.64. The number of para-hydroxylation sites is 1. The van der Waals surface area contributed by atoms with Gasteiger partial charge in [-0.05, 0) is 45.0 Å². The van der Waals surface area contributed by atoms with Gasteiger partial charge in [-0.2, -0.15) is 5.26 Å². The van der Waals surface area contributed by atoms with Crippen molar-refractivity contribution in [2.24, 2.45) is 0 Å². The van der Waals surface area contributed by atoms with Gasteiger partial charge in [0.05, 0.1) is 31.3 Å². The van der Waals surface area contributed by atoms with Gasteiger partial charge in [-0.15, -0.1) is 11.3 Å². The van der Waals surface area contributed by atoms with Crippen molar-refractivity contribution in [2.45, 2.75) is 40.3 Å². The molecule has 6 nitrogen and oxygen atoms in total. The lowest BCUT2D eigenvalue weighted by molar-refractivity contribution is -0.117. The van der Waals surface area contributed by atoms with Crippen molar-refractivity contribution in [3.63, 3.8) is 0 Å². The van der Waals surface area contributed by atoms with E-state index >= 15 is 0 Å². The normalized spacial score (nSPS) is 11.2. The molecule has 0 bridgehead atoms. The van der Waals surface area contributed by atoms with Crippen LogP contribution in [-0.2, 0) is 17.9 Å². The number of carbonyl (C=O) groups is 1. The molecule has 0 fully saturated rings. The number of thiazole rings is 1. The minimum Gasteiger partial charge on any atom is -0.346 e. The highest BCUT2D eigenvalue weighted by molar-refractivity contribution is 7.09. The average Bonchev–Trinajstić information content (AvgIpc) is 3.39. The van der Waals surface area contributed by atoms with E-state index in [0.29, 0.717) is 19.5 Å². The second-order valence-corrected chi connectivity index (χ2v) is 9.72. The molecule has 2 heterocycles. The van der Waals surface area contributed by atoms with Crippen LogP contribution in [0.4, 0.5) is 5.69 Å². The summed E-state index contributed by atoms with van der Waals surface area (Å²) >= 11 is 1.60. The Bertz CT molecular complexity index is 1350. The van der Waals surface area contributed by atoms with Gasteiger partial charge in [0.15, 0.2) is 0 Å². The topological polar surface area (TPSA) is 74.0 Å². The maximum Gasteiger partial charge on any atom is 0.238 e. The Balaban J connectivity index is 1.44. The Labute approximate surface area is 204 Å². The summed E-state index contributed by atoms with van der Waals surface area (Å²) in [5.74, 6) is -0.0325. The predicted octanol–water partition coefficient (Wildman–Crippen LogP) is 5.67. The molecule has 0 aliphatic heterocycles. The fourth-order valence-electron chi connectivity index (χ4n) is 4.40. The van der Waals surface area contributed by atoms with Crippen molar-refractivity contribution in [3.8, 4) is 17.3 Å². The smallest absolute Gasteiger partial charge is 0.238 e. The quantitative estimate of drug-likeness (QED) is 0.359. The summed E-state index contributed by atoms with van der Waals surface area (Å²) in [6.07, 6.45) is 2.55. The third-order valence-corrected chi connectivity index (χ3v) is 6.67. The minimum atomic E-state index is -0.0325. The standard InChI is InChI=1S/C27H29N5OS/c1-18-12-19(2)27(20(3)13-18)30-25(33)15-31(4)16-26-29-23(17-34-26)22-14-32(11-7-10-28)24-9-6-5-8-21(22)24/h5-6,8-9,12-14,17H,7,11,15-16H2,1-4H3,(H,30,33). The fourth-order valence-corrected chi connectivity index (χ4v) is 5.27. The first-order valence-corrected chi connectivity index (χ1v) is 12.2. The van der Waals surface area contributed by atoms with Crippen LogP contribution >= 0.6 is 11.3 Å². The van der Waals surface area contributed by atoms with E-state index in [-0.39, 0.29) is 12.5 Å². The van der Waals surface area contributed by atoms with Gasteiger partial charge in [-0.1, -0.05) is 35.9 Å². The summed E-state index contributed by atoms with van der Waals surface area (Å²) in [5, 5.41) is 16.2. The summed E-state index contributed by atoms with van der Waals surface area (Å²) < 4.78 is 2.12. The number of hydrogen-bond acceptors (Lipinski definition) is 5. The second-order valence-electron chi connectivity index (χ2n) is 8.78. The molecule has 0 atom stereocenters. The van der Waals surface area contributed by atoms with Crippen molar-refractivity contribution >= 4 is 33.8 Å². The van der Waals surface area contributed by atoms with Gasteiger partial charge in [-0.25, -0.2) is 4.98 Å². The zero-order chi connectivity index (χ0) is 24.2. The zero-order valence-corrected chi connectivity index (χ0v) is 20.9. The number of rotatable bonds is 8. The maximum absolute atomic E-state index is 12.7. The monoisotopic (exact) mass is 471 g/mol. The molecule has 7 heteroatoms. The first-order valence-electron chi connectivity index (χ1n) is 11.3. The highest BCUT2D eigenvalue weighted by Gasteiger charge is 2.15. The molecule has 1 N–H and O–H groups in total. The van der Waals surface area contributed by atoms with Gasteiger partial charge in [0.2, 0.25) is 5.91 Å². The number of nitriles is 1. The largest absolute Gasteiger partial charge is 0.346 e. The highest BCUT2D eigenvalue weighted by atomic mass is 32.1. The third kappa shape index (κ3) is 5.19. The van der Waals surface area contributed by atoms with Crippen molar-refractivity contribution in [1.82, 2.24) is 14.5 Å². The van der Waals surface area contributed by atoms with Crippen LogP contribution in [0.3, 0.4) is 0 Å². The Morgan fingerprint density at radius 3 is 2.68 bits per heavy atom. The van der Waals surface area contributed by atoms with E-state index in [9.17, 15) is 4.79 Å². The molecular weight excluding hydrogens is 442 g/mol. The van der Waals surface area contributed by atoms with Crippen LogP contribution in [0.5, 0.6) is 0 Å². The van der Waals surface area contributed by atoms with E-state index in [1.54, 1.807) is 11.3 Å². The van der Waals surface area contributed by atoms with E-state index in [1.165, 1.54) is 5.56 Å². The summed E-state index contributed by atoms with van der Waals surface area (Å²) in [7, 11) is 1.93. The van der Waals surface area contributed by atoms with E-state index < -0.39 is 0 Å². The number of benzene rings is 2. The number of likely N-dealkylation sites (N-methyl/N-ethyl adjacent to an activating group) is 1. The van der Waals surface area contributed by atoms with E-state index in [4.69, 9.17) is 10.2 Å². The molecule has 1 amide bonds. The second kappa shape index (κ2) is 10.2. The molecule has 0 unspecified atom stereocenters. The summed E-state index contributed by atoms with van der Waals surface area (Å²) in [6, 6.07) is 14.6. The number of aromatic nitrogens is 2. The molecule has 4 rings (SSSR count). The van der Waals surface area contributed by atoms with Crippen molar-refractivity contribution in [1.29, 1.82) is 5.26 Å². The fraction of sp³-hybridized carbons (Fsp3) is 0.296. The van der Waals surface area contributed by atoms with Gasteiger partial charge in [0.25, 0.3) is 0 Å². The van der Waals surface area contributed by atoms with Crippen molar-refractivity contribution < 1.29 is 4.79 Å². The minimum absolute atomic E-state index is 0.0325. The van der Waals surface area contributed by atoms with Gasteiger partial charge in [0, 0.05) is 40.3 Å². The lowest BCUT2D eigenvalue weighted by atomic mass is 10.1. The van der Waals surface area contributed by atoms with Gasteiger partial charge in [0.1, 0.15) is 5.01 Å². The summed E-state index contributed by atoms with van der Waals surface area (Å²) in [5.41, 5.74) is 7.35. The molecule has 0 aliphatic rings. The van der Waals surface area contributed by atoms with Crippen LogP contribution in [-0.4, -0.2) is 34.0 Å². The average molecular weight is 472 g/mol. The van der Waals surface area contributed by atoms with Gasteiger partial charge in [-0.3, -0.25) is 9.69 Å². The maximum atomic E-state index is 12.7. The zero-order valence-electron chi connectivity index (χ0n) is 20.1. The molecule has 0 saturated heterocycles. The molecule has 0 aliphatic carbocycles. The van der Waals surface area contributed by atoms with Crippen LogP contribution in [0.2, 0.25) is 0 Å². The number of anilines is 1. The lowest BCUT2D eigenvalue weighted by Crippen LogP contribution is -2.30. The number of amides is 1. The molecule has 174 valence electrons. The number of nitrogens with one attached hydrogen (secondary N) is 1.